The van der Waals surface area contributed by atoms with Crippen LogP contribution in [0.4, 0.5) is 0 Å². The van der Waals surface area contributed by atoms with Crippen LogP contribution in [0.5, 0.6) is 23.0 Å². The fraction of sp³-hybridized carbons (Fsp3) is 0.273. The average molecular weight is 587 g/mol. The van der Waals surface area contributed by atoms with Gasteiger partial charge in [-0.2, -0.15) is 5.26 Å². The number of furan rings is 1. The van der Waals surface area contributed by atoms with Gasteiger partial charge in [-0.05, 0) is 68.1 Å². The quantitative estimate of drug-likeness (QED) is 0.157. The number of ether oxygens (including phenoxy) is 4. The van der Waals surface area contributed by atoms with Crippen LogP contribution in [0.3, 0.4) is 0 Å². The van der Waals surface area contributed by atoms with Crippen molar-refractivity contribution in [2.45, 2.75) is 40.0 Å². The lowest BCUT2D eigenvalue weighted by molar-refractivity contribution is 0.0702. The Kier molecular flexibility index (Phi) is 8.32. The highest BCUT2D eigenvalue weighted by atomic mass is 35.5. The Balaban J connectivity index is 1.45. The van der Waals surface area contributed by atoms with Gasteiger partial charge in [0.2, 0.25) is 11.6 Å². The molecule has 4 aromatic rings. The predicted molar refractivity (Wildman–Crippen MR) is 159 cm³/mol. The van der Waals surface area contributed by atoms with Crippen LogP contribution in [-0.4, -0.2) is 19.2 Å². The SMILES string of the molecule is CCOc1cc(C2C(C#N)=C(N)Oc3cc(OC(=O)c4oc5ccc(Cl)cc5c4C)ccc32)ccc1OCCC(C)C. The van der Waals surface area contributed by atoms with Crippen molar-refractivity contribution in [3.8, 4) is 29.1 Å². The van der Waals surface area contributed by atoms with Gasteiger partial charge in [0, 0.05) is 27.6 Å². The third-order valence-electron chi connectivity index (χ3n) is 7.04. The van der Waals surface area contributed by atoms with Crippen LogP contribution in [0.15, 0.2) is 70.5 Å². The molecule has 1 aromatic heterocycles. The summed E-state index contributed by atoms with van der Waals surface area (Å²) in [7, 11) is 0. The molecule has 2 heterocycles. The van der Waals surface area contributed by atoms with Gasteiger partial charge in [-0.3, -0.25) is 0 Å². The molecule has 0 spiro atoms. The molecule has 0 radical (unpaired) electrons. The van der Waals surface area contributed by atoms with Crippen molar-refractivity contribution in [1.82, 2.24) is 0 Å². The molecule has 1 unspecified atom stereocenters. The summed E-state index contributed by atoms with van der Waals surface area (Å²) < 4.78 is 29.1. The highest BCUT2D eigenvalue weighted by Crippen LogP contribution is 2.45. The van der Waals surface area contributed by atoms with Crippen molar-refractivity contribution < 1.29 is 28.2 Å². The second-order valence-corrected chi connectivity index (χ2v) is 10.8. The summed E-state index contributed by atoms with van der Waals surface area (Å²) in [6, 6.07) is 17.9. The van der Waals surface area contributed by atoms with Crippen LogP contribution in [0.25, 0.3) is 11.0 Å². The molecule has 216 valence electrons. The van der Waals surface area contributed by atoms with Gasteiger partial charge in [-0.15, -0.1) is 0 Å². The van der Waals surface area contributed by atoms with Crippen molar-refractivity contribution >= 4 is 28.5 Å². The first-order valence-electron chi connectivity index (χ1n) is 13.7. The van der Waals surface area contributed by atoms with Crippen molar-refractivity contribution in [3.05, 3.63) is 93.5 Å². The minimum atomic E-state index is -0.664. The summed E-state index contributed by atoms with van der Waals surface area (Å²) in [5.41, 5.74) is 9.10. The number of esters is 1. The number of carbonyl (C=O) groups is 1. The van der Waals surface area contributed by atoms with E-state index in [0.717, 1.165) is 17.4 Å². The van der Waals surface area contributed by atoms with Crippen molar-refractivity contribution in [3.63, 3.8) is 0 Å². The maximum Gasteiger partial charge on any atom is 0.379 e. The first kappa shape index (κ1) is 28.9. The number of nitrogens with zero attached hydrogens (tertiary/aromatic N) is 1. The van der Waals surface area contributed by atoms with Crippen molar-refractivity contribution in [1.29, 1.82) is 5.26 Å². The maximum atomic E-state index is 13.1. The molecule has 9 heteroatoms. The Hall–Kier alpha value is -4.61. The van der Waals surface area contributed by atoms with Crippen LogP contribution in [0.1, 0.15) is 60.4 Å². The van der Waals surface area contributed by atoms with E-state index >= 15 is 0 Å². The number of fused-ring (bicyclic) bond motifs is 2. The normalized spacial score (nSPS) is 14.4. The Bertz CT molecular complexity index is 1730. The third kappa shape index (κ3) is 5.74. The molecule has 1 atom stereocenters. The van der Waals surface area contributed by atoms with Gasteiger partial charge in [0.05, 0.1) is 19.1 Å². The van der Waals surface area contributed by atoms with E-state index in [0.29, 0.717) is 58.1 Å². The fourth-order valence-electron chi connectivity index (χ4n) is 4.88. The van der Waals surface area contributed by atoms with Gasteiger partial charge in [-0.25, -0.2) is 4.79 Å². The van der Waals surface area contributed by atoms with E-state index in [2.05, 4.69) is 19.9 Å². The number of hydrogen-bond acceptors (Lipinski definition) is 8. The molecular formula is C33H31ClN2O6. The second-order valence-electron chi connectivity index (χ2n) is 10.4. The number of aryl methyl sites for hydroxylation is 1. The van der Waals surface area contributed by atoms with Gasteiger partial charge in [-0.1, -0.05) is 37.6 Å². The van der Waals surface area contributed by atoms with Crippen molar-refractivity contribution in [2.75, 3.05) is 13.2 Å². The number of halogens is 1. The molecule has 0 saturated heterocycles. The molecule has 0 bridgehead atoms. The summed E-state index contributed by atoms with van der Waals surface area (Å²) in [5.74, 6) is 1.17. The molecule has 1 aliphatic rings. The lowest BCUT2D eigenvalue weighted by Crippen LogP contribution is -2.21. The zero-order valence-corrected chi connectivity index (χ0v) is 24.6. The van der Waals surface area contributed by atoms with E-state index in [4.69, 9.17) is 40.7 Å². The minimum Gasteiger partial charge on any atom is -0.490 e. The minimum absolute atomic E-state index is 0.0290. The van der Waals surface area contributed by atoms with Gasteiger partial charge >= 0.3 is 5.97 Å². The average Bonchev–Trinajstić information content (AvgIpc) is 3.28. The first-order chi connectivity index (χ1) is 20.2. The monoisotopic (exact) mass is 586 g/mol. The fourth-order valence-corrected chi connectivity index (χ4v) is 5.05. The van der Waals surface area contributed by atoms with E-state index in [1.165, 1.54) is 0 Å². The zero-order chi connectivity index (χ0) is 30.0. The van der Waals surface area contributed by atoms with E-state index in [9.17, 15) is 10.1 Å². The molecule has 8 nitrogen and oxygen atoms in total. The smallest absolute Gasteiger partial charge is 0.379 e. The maximum absolute atomic E-state index is 13.1. The van der Waals surface area contributed by atoms with Crippen molar-refractivity contribution in [2.24, 2.45) is 11.7 Å². The van der Waals surface area contributed by atoms with Crippen LogP contribution in [0.2, 0.25) is 5.02 Å². The molecular weight excluding hydrogens is 556 g/mol. The summed E-state index contributed by atoms with van der Waals surface area (Å²) in [6.45, 7) is 8.96. The predicted octanol–water partition coefficient (Wildman–Crippen LogP) is 7.66. The first-order valence-corrected chi connectivity index (χ1v) is 14.1. The van der Waals surface area contributed by atoms with Crippen LogP contribution >= 0.6 is 11.6 Å². The lowest BCUT2D eigenvalue weighted by Gasteiger charge is -2.27. The number of nitrogens with two attached hydrogens (primary N) is 1. The zero-order valence-electron chi connectivity index (χ0n) is 23.8. The van der Waals surface area contributed by atoms with Crippen LogP contribution in [0, 0.1) is 24.2 Å². The summed E-state index contributed by atoms with van der Waals surface area (Å²) in [6.07, 6.45) is 0.912. The lowest BCUT2D eigenvalue weighted by atomic mass is 9.83. The number of allylic oxidation sites excluding steroid dienone is 1. The standard InChI is InChI=1S/C33H31ClN2O6/c1-5-38-29-14-20(6-10-27(29)39-13-12-18(2)3)30-23-9-8-22(16-28(23)42-32(36)25(30)17-35)40-33(37)31-19(4)24-15-21(34)7-11-26(24)41-31/h6-11,14-16,18,30H,5,12-13,36H2,1-4H3. The Morgan fingerprint density at radius 1 is 1.10 bits per heavy atom. The van der Waals surface area contributed by atoms with E-state index in [1.54, 1.807) is 43.3 Å². The molecule has 42 heavy (non-hydrogen) atoms. The second kappa shape index (κ2) is 12.1. The Labute approximate surface area is 249 Å². The topological polar surface area (TPSA) is 117 Å². The van der Waals surface area contributed by atoms with Gasteiger partial charge in [0.1, 0.15) is 28.7 Å². The molecule has 0 saturated carbocycles. The van der Waals surface area contributed by atoms with Gasteiger partial charge < -0.3 is 29.1 Å². The highest BCUT2D eigenvalue weighted by Gasteiger charge is 2.32. The van der Waals surface area contributed by atoms with E-state index in [-0.39, 0.29) is 23.0 Å². The Morgan fingerprint density at radius 3 is 2.64 bits per heavy atom. The molecule has 0 fully saturated rings. The van der Waals surface area contributed by atoms with Gasteiger partial charge in [0.25, 0.3) is 0 Å². The number of carbonyl (C=O) groups excluding carboxylic acids is 1. The summed E-state index contributed by atoms with van der Waals surface area (Å²) in [4.78, 5) is 13.1. The van der Waals surface area contributed by atoms with E-state index < -0.39 is 11.9 Å². The number of nitriles is 1. The number of hydrogen-bond donors (Lipinski definition) is 1. The molecule has 0 amide bonds. The molecule has 1 aliphatic heterocycles. The number of rotatable bonds is 9. The van der Waals surface area contributed by atoms with Gasteiger partial charge in [0.15, 0.2) is 11.5 Å². The molecule has 2 N–H and O–H groups in total. The summed E-state index contributed by atoms with van der Waals surface area (Å²) in [5, 5.41) is 11.3. The largest absolute Gasteiger partial charge is 0.490 e. The summed E-state index contributed by atoms with van der Waals surface area (Å²) >= 11 is 6.11. The van der Waals surface area contributed by atoms with E-state index in [1.807, 2.05) is 25.1 Å². The van der Waals surface area contributed by atoms with Crippen LogP contribution in [-0.2, 0) is 0 Å². The highest BCUT2D eigenvalue weighted by molar-refractivity contribution is 6.31. The van der Waals surface area contributed by atoms with Crippen LogP contribution < -0.4 is 24.7 Å². The number of benzene rings is 3. The molecule has 0 aliphatic carbocycles. The molecule has 3 aromatic carbocycles. The molecule has 5 rings (SSSR count). The Morgan fingerprint density at radius 2 is 1.90 bits per heavy atom. The third-order valence-corrected chi connectivity index (χ3v) is 7.27.